The van der Waals surface area contributed by atoms with Crippen LogP contribution in [0.5, 0.6) is 5.75 Å². The van der Waals surface area contributed by atoms with Crippen molar-refractivity contribution in [3.63, 3.8) is 0 Å². The maximum Gasteiger partial charge on any atom is 0.303 e. The normalized spacial score (nSPS) is 13.4. The van der Waals surface area contributed by atoms with E-state index in [-0.39, 0.29) is 17.9 Å². The van der Waals surface area contributed by atoms with Crippen LogP contribution in [0.3, 0.4) is 0 Å². The highest BCUT2D eigenvalue weighted by Gasteiger charge is 2.22. The van der Waals surface area contributed by atoms with E-state index in [0.717, 1.165) is 25.2 Å². The second-order valence-corrected chi connectivity index (χ2v) is 10.6. The Morgan fingerprint density at radius 1 is 1.21 bits per heavy atom. The van der Waals surface area contributed by atoms with E-state index in [4.69, 9.17) is 9.84 Å². The van der Waals surface area contributed by atoms with Crippen molar-refractivity contribution in [3.8, 4) is 5.75 Å². The molecule has 0 radical (unpaired) electrons. The van der Waals surface area contributed by atoms with Crippen molar-refractivity contribution in [1.29, 1.82) is 0 Å². The number of ether oxygens (including phenoxy) is 1. The summed E-state index contributed by atoms with van der Waals surface area (Å²) < 4.78 is 34.7. The van der Waals surface area contributed by atoms with Crippen LogP contribution >= 0.6 is 11.3 Å². The smallest absolute Gasteiger partial charge is 0.303 e. The third-order valence-electron chi connectivity index (χ3n) is 5.55. The van der Waals surface area contributed by atoms with Crippen LogP contribution < -0.4 is 14.4 Å². The highest BCUT2D eigenvalue weighted by atomic mass is 32.2. The van der Waals surface area contributed by atoms with E-state index in [2.05, 4.69) is 21.1 Å². The lowest BCUT2D eigenvalue weighted by Crippen LogP contribution is -2.30. The molecule has 0 saturated heterocycles. The molecule has 0 saturated carbocycles. The average Bonchev–Trinajstić information content (AvgIpc) is 3.25. The van der Waals surface area contributed by atoms with Gasteiger partial charge in [-0.25, -0.2) is 8.42 Å². The lowest BCUT2D eigenvalue weighted by molar-refractivity contribution is -0.137. The van der Waals surface area contributed by atoms with Gasteiger partial charge in [-0.3, -0.25) is 9.52 Å². The van der Waals surface area contributed by atoms with Crippen LogP contribution in [-0.4, -0.2) is 32.6 Å². The molecule has 0 fully saturated rings. The first kappa shape index (κ1) is 23.1. The number of aryl methyl sites for hydroxylation is 1. The zero-order valence-corrected chi connectivity index (χ0v) is 19.9. The first-order valence-electron chi connectivity index (χ1n) is 10.7. The number of anilines is 2. The summed E-state index contributed by atoms with van der Waals surface area (Å²) in [6.45, 7) is 3.61. The molecule has 0 atom stereocenters. The van der Waals surface area contributed by atoms with E-state index in [1.807, 2.05) is 18.2 Å². The molecule has 3 aromatic rings. The molecule has 2 aromatic carbocycles. The second kappa shape index (κ2) is 9.84. The minimum absolute atomic E-state index is 0.0274. The molecule has 7 nitrogen and oxygen atoms in total. The third-order valence-corrected chi connectivity index (χ3v) is 7.93. The molecule has 2 N–H and O–H groups in total. The molecule has 0 aliphatic carbocycles. The van der Waals surface area contributed by atoms with E-state index in [9.17, 15) is 13.2 Å². The molecule has 0 amide bonds. The number of rotatable bonds is 9. The number of sulfonamides is 1. The number of fused-ring (bicyclic) bond motifs is 1. The van der Waals surface area contributed by atoms with Crippen LogP contribution in [-0.2, 0) is 27.8 Å². The summed E-state index contributed by atoms with van der Waals surface area (Å²) in [4.78, 5) is 14.4. The first-order chi connectivity index (χ1) is 15.8. The van der Waals surface area contributed by atoms with Crippen molar-refractivity contribution in [2.75, 3.05) is 22.8 Å². The minimum Gasteiger partial charge on any atom is -0.493 e. The number of hydrogen-bond donors (Lipinski definition) is 2. The Balaban J connectivity index is 1.49. The van der Waals surface area contributed by atoms with E-state index in [1.54, 1.807) is 36.5 Å². The molecule has 2 heterocycles. The van der Waals surface area contributed by atoms with Crippen molar-refractivity contribution in [3.05, 3.63) is 69.9 Å². The van der Waals surface area contributed by atoms with Crippen LogP contribution in [0, 0.1) is 6.92 Å². The van der Waals surface area contributed by atoms with E-state index >= 15 is 0 Å². The van der Waals surface area contributed by atoms with Gasteiger partial charge in [0.05, 0.1) is 22.9 Å². The number of nitrogens with one attached hydrogen (secondary N) is 1. The molecule has 9 heteroatoms. The lowest BCUT2D eigenvalue weighted by atomic mass is 10.1. The van der Waals surface area contributed by atoms with Crippen LogP contribution in [0.1, 0.15) is 28.8 Å². The van der Waals surface area contributed by atoms with Crippen molar-refractivity contribution in [2.24, 2.45) is 0 Å². The summed E-state index contributed by atoms with van der Waals surface area (Å²) in [6.07, 6.45) is 1.36. The fraction of sp³-hybridized carbons (Fsp3) is 0.292. The van der Waals surface area contributed by atoms with Crippen LogP contribution in [0.25, 0.3) is 0 Å². The van der Waals surface area contributed by atoms with Crippen molar-refractivity contribution >= 4 is 38.7 Å². The lowest BCUT2D eigenvalue weighted by Gasteiger charge is -2.30. The van der Waals surface area contributed by atoms with Gasteiger partial charge in [-0.1, -0.05) is 12.1 Å². The molecule has 1 aliphatic rings. The summed E-state index contributed by atoms with van der Waals surface area (Å²) in [7, 11) is -3.81. The molecule has 1 aliphatic heterocycles. The topological polar surface area (TPSA) is 95.9 Å². The van der Waals surface area contributed by atoms with Crippen molar-refractivity contribution in [1.82, 2.24) is 0 Å². The molecule has 0 spiro atoms. The second-order valence-electron chi connectivity index (χ2n) is 7.94. The largest absolute Gasteiger partial charge is 0.493 e. The fourth-order valence-electron chi connectivity index (χ4n) is 3.85. The molecule has 4 rings (SSSR count). The van der Waals surface area contributed by atoms with Crippen LogP contribution in [0.2, 0.25) is 0 Å². The van der Waals surface area contributed by atoms with Gasteiger partial charge in [0.2, 0.25) is 0 Å². The van der Waals surface area contributed by atoms with Crippen LogP contribution in [0.15, 0.2) is 58.8 Å². The molecule has 0 unspecified atom stereocenters. The average molecular weight is 487 g/mol. The highest BCUT2D eigenvalue weighted by Crippen LogP contribution is 2.33. The van der Waals surface area contributed by atoms with Gasteiger partial charge in [0.1, 0.15) is 5.75 Å². The summed E-state index contributed by atoms with van der Waals surface area (Å²) in [5.74, 6) is -0.331. The minimum atomic E-state index is -3.81. The van der Waals surface area contributed by atoms with Crippen molar-refractivity contribution < 1.29 is 23.1 Å². The summed E-state index contributed by atoms with van der Waals surface area (Å²) in [5, 5.41) is 10.8. The molecular formula is C24H26N2O5S2. The zero-order chi connectivity index (χ0) is 23.4. The van der Waals surface area contributed by atoms with Gasteiger partial charge in [0.15, 0.2) is 0 Å². The fourth-order valence-corrected chi connectivity index (χ4v) is 5.90. The van der Waals surface area contributed by atoms with Gasteiger partial charge in [0, 0.05) is 24.4 Å². The monoisotopic (exact) mass is 486 g/mol. The van der Waals surface area contributed by atoms with Gasteiger partial charge in [-0.05, 0) is 72.7 Å². The predicted molar refractivity (Wildman–Crippen MR) is 130 cm³/mol. The number of benzene rings is 2. The summed E-state index contributed by atoms with van der Waals surface area (Å²) in [5.41, 5.74) is 3.36. The van der Waals surface area contributed by atoms with Crippen molar-refractivity contribution in [2.45, 2.75) is 37.6 Å². The number of carboxylic acid groups (broad SMARTS) is 1. The summed E-state index contributed by atoms with van der Waals surface area (Å²) in [6, 6.07) is 14.3. The van der Waals surface area contributed by atoms with Gasteiger partial charge >= 0.3 is 5.97 Å². The first-order valence-corrected chi connectivity index (χ1v) is 13.1. The maximum atomic E-state index is 13.2. The van der Waals surface area contributed by atoms with E-state index < -0.39 is 16.0 Å². The SMILES string of the molecule is Cc1cc(S(=O)(=O)Nc2ccccc2N2CCc3sccc3C2)ccc1OCCCC(=O)O. The number of hydrogen-bond acceptors (Lipinski definition) is 6. The third kappa shape index (κ3) is 5.48. The van der Waals surface area contributed by atoms with Crippen LogP contribution in [0.4, 0.5) is 11.4 Å². The number of nitrogens with zero attached hydrogens (tertiary/aromatic N) is 1. The number of para-hydroxylation sites is 2. The Kier molecular flexibility index (Phi) is 6.90. The Morgan fingerprint density at radius 3 is 2.82 bits per heavy atom. The van der Waals surface area contributed by atoms with Gasteiger partial charge in [-0.2, -0.15) is 0 Å². The van der Waals surface area contributed by atoms with Gasteiger partial charge in [0.25, 0.3) is 10.0 Å². The number of carboxylic acids is 1. The van der Waals surface area contributed by atoms with E-state index in [0.29, 0.717) is 23.4 Å². The standard InChI is InChI=1S/C24H26N2O5S2/c1-17-15-19(8-9-22(17)31-13-4-7-24(27)28)33(29,30)25-20-5-2-3-6-21(20)26-12-10-23-18(16-26)11-14-32-23/h2-3,5-6,8-9,11,14-15,25H,4,7,10,12-13,16H2,1H3,(H,27,28). The molecule has 174 valence electrons. The maximum absolute atomic E-state index is 13.2. The summed E-state index contributed by atoms with van der Waals surface area (Å²) >= 11 is 1.77. The molecule has 0 bridgehead atoms. The number of aliphatic carboxylic acids is 1. The van der Waals surface area contributed by atoms with Gasteiger partial charge in [-0.15, -0.1) is 11.3 Å². The Labute approximate surface area is 197 Å². The Bertz CT molecular complexity index is 1250. The number of thiophene rings is 1. The molecule has 33 heavy (non-hydrogen) atoms. The van der Waals surface area contributed by atoms with E-state index in [1.165, 1.54) is 16.5 Å². The zero-order valence-electron chi connectivity index (χ0n) is 18.3. The molecule has 1 aromatic heterocycles. The van der Waals surface area contributed by atoms with Gasteiger partial charge < -0.3 is 14.7 Å². The highest BCUT2D eigenvalue weighted by molar-refractivity contribution is 7.92. The quantitative estimate of drug-likeness (QED) is 0.427. The Morgan fingerprint density at radius 2 is 2.03 bits per heavy atom. The Hall–Kier alpha value is -3.04. The predicted octanol–water partition coefficient (Wildman–Crippen LogP) is 4.66. The molecular weight excluding hydrogens is 460 g/mol. The number of carbonyl (C=O) groups is 1.